The maximum atomic E-state index is 11.8. The fourth-order valence-corrected chi connectivity index (χ4v) is 1.85. The zero-order chi connectivity index (χ0) is 17.7. The molecule has 126 valence electrons. The van der Waals surface area contributed by atoms with Gasteiger partial charge in [-0.25, -0.2) is 5.43 Å². The molecule has 1 heterocycles. The second-order valence-corrected chi connectivity index (χ2v) is 4.71. The minimum absolute atomic E-state index is 0.0394. The van der Waals surface area contributed by atoms with Crippen molar-refractivity contribution in [2.45, 2.75) is 13.8 Å². The van der Waals surface area contributed by atoms with Crippen LogP contribution in [-0.4, -0.2) is 39.0 Å². The maximum Gasteiger partial charge on any atom is 0.315 e. The number of nitrogens with zero attached hydrogens (tertiary/aromatic N) is 3. The summed E-state index contributed by atoms with van der Waals surface area (Å²) in [6, 6.07) is 4.04. The van der Waals surface area contributed by atoms with Crippen LogP contribution >= 0.6 is 0 Å². The fraction of sp³-hybridized carbons (Fsp3) is 0.214. The van der Waals surface area contributed by atoms with Gasteiger partial charge in [0.25, 0.3) is 5.91 Å². The first-order chi connectivity index (χ1) is 11.4. The molecular formula is C14H15N5O5. The Hall–Kier alpha value is -3.43. The van der Waals surface area contributed by atoms with Crippen LogP contribution in [0.4, 0.5) is 5.69 Å². The minimum Gasteiger partial charge on any atom is -0.500 e. The number of amides is 1. The lowest BCUT2D eigenvalue weighted by Gasteiger charge is -2.07. The van der Waals surface area contributed by atoms with Crippen molar-refractivity contribution in [3.63, 3.8) is 0 Å². The van der Waals surface area contributed by atoms with Gasteiger partial charge < -0.3 is 9.84 Å². The summed E-state index contributed by atoms with van der Waals surface area (Å²) in [6.45, 7) is 3.65. The highest BCUT2D eigenvalue weighted by molar-refractivity contribution is 5.93. The summed E-state index contributed by atoms with van der Waals surface area (Å²) in [7, 11) is 0. The normalized spacial score (nSPS) is 10.8. The highest BCUT2D eigenvalue weighted by Gasteiger charge is 2.19. The summed E-state index contributed by atoms with van der Waals surface area (Å²) in [6.07, 6.45) is 1.20. The van der Waals surface area contributed by atoms with Gasteiger partial charge in [-0.3, -0.25) is 20.0 Å². The number of hydrogen-bond acceptors (Lipinski definition) is 7. The van der Waals surface area contributed by atoms with E-state index in [1.165, 1.54) is 12.3 Å². The van der Waals surface area contributed by atoms with Crippen LogP contribution < -0.4 is 10.2 Å². The minimum atomic E-state index is -0.736. The van der Waals surface area contributed by atoms with Crippen LogP contribution in [0.2, 0.25) is 0 Å². The number of nitro benzene ring substituents is 1. The molecule has 2 aromatic rings. The molecule has 1 aromatic heterocycles. The largest absolute Gasteiger partial charge is 0.500 e. The maximum absolute atomic E-state index is 11.8. The predicted octanol–water partition coefficient (Wildman–Crippen LogP) is 1.49. The predicted molar refractivity (Wildman–Crippen MR) is 84.3 cm³/mol. The Balaban J connectivity index is 2.19. The zero-order valence-electron chi connectivity index (χ0n) is 12.9. The Labute approximate surface area is 136 Å². The Morgan fingerprint density at radius 3 is 2.88 bits per heavy atom. The lowest BCUT2D eigenvalue weighted by atomic mass is 10.2. The number of ether oxygens (including phenoxy) is 1. The molecule has 1 aromatic carbocycles. The monoisotopic (exact) mass is 333 g/mol. The van der Waals surface area contributed by atoms with E-state index in [9.17, 15) is 20.0 Å². The second kappa shape index (κ2) is 7.22. The molecule has 0 spiro atoms. The molecule has 0 unspecified atom stereocenters. The summed E-state index contributed by atoms with van der Waals surface area (Å²) >= 11 is 0. The number of aryl methyl sites for hydroxylation is 1. The molecule has 0 aliphatic carbocycles. The molecule has 0 atom stereocenters. The SMILES string of the molecule is CCOc1cc(C=NNC(=O)c2cc(C)[nH]n2)cc([N+](=O)[O-])c1O. The van der Waals surface area contributed by atoms with Gasteiger partial charge in [0.05, 0.1) is 17.7 Å². The molecule has 0 saturated heterocycles. The van der Waals surface area contributed by atoms with E-state index in [0.29, 0.717) is 0 Å². The lowest BCUT2D eigenvalue weighted by Crippen LogP contribution is -2.18. The standard InChI is InChI=1S/C14H15N5O5/c1-3-24-12-6-9(5-11(13(12)20)19(22)23)7-15-18-14(21)10-4-8(2)16-17-10/h4-7,20H,3H2,1-2H3,(H,16,17)(H,18,21). The van der Waals surface area contributed by atoms with Crippen molar-refractivity contribution in [3.8, 4) is 11.5 Å². The number of nitro groups is 1. The van der Waals surface area contributed by atoms with Crippen LogP contribution in [-0.2, 0) is 0 Å². The van der Waals surface area contributed by atoms with Crippen LogP contribution in [0, 0.1) is 17.0 Å². The number of rotatable bonds is 6. The number of benzene rings is 1. The van der Waals surface area contributed by atoms with Crippen molar-refractivity contribution < 1.29 is 19.6 Å². The Morgan fingerprint density at radius 2 is 2.29 bits per heavy atom. The molecule has 0 aliphatic heterocycles. The molecule has 1 amide bonds. The highest BCUT2D eigenvalue weighted by Crippen LogP contribution is 2.36. The number of hydrazone groups is 1. The van der Waals surface area contributed by atoms with Gasteiger partial charge in [-0.05, 0) is 26.0 Å². The van der Waals surface area contributed by atoms with Gasteiger partial charge in [-0.1, -0.05) is 0 Å². The summed E-state index contributed by atoms with van der Waals surface area (Å²) in [5, 5.41) is 30.9. The van der Waals surface area contributed by atoms with Crippen molar-refractivity contribution >= 4 is 17.8 Å². The van der Waals surface area contributed by atoms with E-state index in [2.05, 4.69) is 20.7 Å². The lowest BCUT2D eigenvalue weighted by molar-refractivity contribution is -0.386. The van der Waals surface area contributed by atoms with E-state index in [1.54, 1.807) is 19.9 Å². The second-order valence-electron chi connectivity index (χ2n) is 4.71. The smallest absolute Gasteiger partial charge is 0.315 e. The number of carbonyl (C=O) groups excluding carboxylic acids is 1. The number of phenols is 1. The van der Waals surface area contributed by atoms with E-state index in [1.807, 2.05) is 0 Å². The molecular weight excluding hydrogens is 318 g/mol. The van der Waals surface area contributed by atoms with E-state index < -0.39 is 22.3 Å². The summed E-state index contributed by atoms with van der Waals surface area (Å²) in [4.78, 5) is 22.0. The molecule has 10 heteroatoms. The van der Waals surface area contributed by atoms with E-state index in [0.717, 1.165) is 11.8 Å². The number of H-pyrrole nitrogens is 1. The van der Waals surface area contributed by atoms with Crippen LogP contribution in [0.1, 0.15) is 28.7 Å². The Bertz CT molecular complexity index is 799. The number of nitrogens with one attached hydrogen (secondary N) is 2. The fourth-order valence-electron chi connectivity index (χ4n) is 1.85. The Morgan fingerprint density at radius 1 is 1.54 bits per heavy atom. The number of aromatic hydroxyl groups is 1. The first kappa shape index (κ1) is 16.9. The van der Waals surface area contributed by atoms with Gasteiger partial charge in [-0.15, -0.1) is 0 Å². The van der Waals surface area contributed by atoms with Gasteiger partial charge in [0.15, 0.2) is 11.4 Å². The third-order valence-corrected chi connectivity index (χ3v) is 2.89. The number of aromatic nitrogens is 2. The molecule has 3 N–H and O–H groups in total. The molecule has 24 heavy (non-hydrogen) atoms. The van der Waals surface area contributed by atoms with Crippen molar-refractivity contribution in [3.05, 3.63) is 45.3 Å². The van der Waals surface area contributed by atoms with Gasteiger partial charge in [0.1, 0.15) is 0 Å². The topological polar surface area (TPSA) is 143 Å². The van der Waals surface area contributed by atoms with Crippen molar-refractivity contribution in [2.24, 2.45) is 5.10 Å². The number of carbonyl (C=O) groups is 1. The summed E-state index contributed by atoms with van der Waals surface area (Å²) < 4.78 is 5.15. The molecule has 0 fully saturated rings. The van der Waals surface area contributed by atoms with Crippen LogP contribution in [0.3, 0.4) is 0 Å². The number of hydrogen-bond donors (Lipinski definition) is 3. The molecule has 0 aliphatic rings. The third-order valence-electron chi connectivity index (χ3n) is 2.89. The van der Waals surface area contributed by atoms with Crippen LogP contribution in [0.5, 0.6) is 11.5 Å². The quantitative estimate of drug-likeness (QED) is 0.415. The average Bonchev–Trinajstić information content (AvgIpc) is 2.96. The van der Waals surface area contributed by atoms with Gasteiger partial charge in [0.2, 0.25) is 5.75 Å². The molecule has 0 radical (unpaired) electrons. The van der Waals surface area contributed by atoms with Crippen molar-refractivity contribution in [2.75, 3.05) is 6.61 Å². The molecule has 10 nitrogen and oxygen atoms in total. The molecule has 0 saturated carbocycles. The Kier molecular flexibility index (Phi) is 5.09. The molecule has 2 rings (SSSR count). The molecule has 0 bridgehead atoms. The zero-order valence-corrected chi connectivity index (χ0v) is 12.9. The van der Waals surface area contributed by atoms with Gasteiger partial charge in [-0.2, -0.15) is 10.2 Å². The highest BCUT2D eigenvalue weighted by atomic mass is 16.6. The van der Waals surface area contributed by atoms with Crippen LogP contribution in [0.25, 0.3) is 0 Å². The van der Waals surface area contributed by atoms with E-state index >= 15 is 0 Å². The van der Waals surface area contributed by atoms with Gasteiger partial charge in [0, 0.05) is 17.3 Å². The first-order valence-corrected chi connectivity index (χ1v) is 6.92. The third kappa shape index (κ3) is 3.85. The number of aromatic amines is 1. The average molecular weight is 333 g/mol. The number of phenolic OH excluding ortho intramolecular Hbond substituents is 1. The van der Waals surface area contributed by atoms with E-state index in [-0.39, 0.29) is 23.6 Å². The summed E-state index contributed by atoms with van der Waals surface area (Å²) in [5.74, 6) is -1.13. The van der Waals surface area contributed by atoms with E-state index in [4.69, 9.17) is 4.74 Å². The van der Waals surface area contributed by atoms with Crippen molar-refractivity contribution in [1.82, 2.24) is 15.6 Å². The van der Waals surface area contributed by atoms with Gasteiger partial charge >= 0.3 is 5.69 Å². The first-order valence-electron chi connectivity index (χ1n) is 6.92. The van der Waals surface area contributed by atoms with Crippen molar-refractivity contribution in [1.29, 1.82) is 0 Å². The summed E-state index contributed by atoms with van der Waals surface area (Å²) in [5.41, 5.74) is 2.90. The van der Waals surface area contributed by atoms with Crippen LogP contribution in [0.15, 0.2) is 23.3 Å².